The van der Waals surface area contributed by atoms with Crippen molar-refractivity contribution >= 4 is 28.9 Å². The van der Waals surface area contributed by atoms with Gasteiger partial charge in [-0.3, -0.25) is 14.8 Å². The number of hydrogen-bond donors (Lipinski definition) is 4. The molecule has 42 heavy (non-hydrogen) atoms. The number of piperidine rings is 1. The Balaban J connectivity index is 1.18. The van der Waals surface area contributed by atoms with Crippen molar-refractivity contribution in [1.82, 2.24) is 30.0 Å². The van der Waals surface area contributed by atoms with Gasteiger partial charge in [0.2, 0.25) is 0 Å². The molecule has 1 aromatic carbocycles. The number of carbonyl (C=O) groups is 1. The number of piperazine rings is 1. The number of aromatic nitrogens is 4. The molecule has 0 aliphatic carbocycles. The molecular formula is C30H42N10O2. The van der Waals surface area contributed by atoms with Crippen molar-refractivity contribution in [3.05, 3.63) is 41.9 Å². The van der Waals surface area contributed by atoms with Crippen LogP contribution in [-0.2, 0) is 4.74 Å². The quantitative estimate of drug-likeness (QED) is 0.317. The molecule has 224 valence electrons. The molecule has 0 saturated carbocycles. The zero-order valence-corrected chi connectivity index (χ0v) is 24.6. The molecule has 3 aliphatic rings. The molecule has 5 heterocycles. The van der Waals surface area contributed by atoms with Gasteiger partial charge in [-0.2, -0.15) is 5.10 Å². The van der Waals surface area contributed by atoms with Gasteiger partial charge in [-0.1, -0.05) is 0 Å². The van der Waals surface area contributed by atoms with Gasteiger partial charge in [-0.25, -0.2) is 9.97 Å². The number of hydrogen-bond acceptors (Lipinski definition) is 10. The number of nitrogens with one attached hydrogen (secondary N) is 3. The third-order valence-corrected chi connectivity index (χ3v) is 8.79. The van der Waals surface area contributed by atoms with Gasteiger partial charge < -0.3 is 30.9 Å². The Morgan fingerprint density at radius 2 is 1.69 bits per heavy atom. The molecule has 5 N–H and O–H groups in total. The number of likely N-dealkylation sites (N-methyl/N-ethyl adjacent to an activating group) is 1. The van der Waals surface area contributed by atoms with Crippen molar-refractivity contribution in [3.8, 4) is 11.3 Å². The summed E-state index contributed by atoms with van der Waals surface area (Å²) in [5, 5.41) is 14.0. The molecule has 0 bridgehead atoms. The minimum atomic E-state index is -0.648. The molecule has 0 spiro atoms. The molecule has 3 aromatic rings. The van der Waals surface area contributed by atoms with E-state index in [4.69, 9.17) is 20.4 Å². The average molecular weight is 575 g/mol. The van der Waals surface area contributed by atoms with Crippen molar-refractivity contribution in [1.29, 1.82) is 0 Å². The van der Waals surface area contributed by atoms with Crippen molar-refractivity contribution in [2.45, 2.75) is 44.7 Å². The van der Waals surface area contributed by atoms with Gasteiger partial charge in [-0.05, 0) is 63.9 Å². The maximum absolute atomic E-state index is 12.5. The van der Waals surface area contributed by atoms with Crippen molar-refractivity contribution < 1.29 is 9.53 Å². The second kappa shape index (κ2) is 12.6. The zero-order chi connectivity index (χ0) is 29.1. The number of benzene rings is 1. The Bertz CT molecular complexity index is 1350. The van der Waals surface area contributed by atoms with Crippen molar-refractivity contribution in [2.24, 2.45) is 5.73 Å². The molecule has 12 heteroatoms. The fourth-order valence-electron chi connectivity index (χ4n) is 6.18. The smallest absolute Gasteiger partial charge is 0.271 e. The van der Waals surface area contributed by atoms with E-state index in [1.54, 1.807) is 6.20 Å². The minimum absolute atomic E-state index is 0.0817. The third-order valence-electron chi connectivity index (χ3n) is 8.79. The predicted molar refractivity (Wildman–Crippen MR) is 164 cm³/mol. The van der Waals surface area contributed by atoms with E-state index in [-0.39, 0.29) is 11.7 Å². The lowest BCUT2D eigenvalue weighted by molar-refractivity contribution is 0.0904. The summed E-state index contributed by atoms with van der Waals surface area (Å²) in [6.07, 6.45) is 5.86. The normalized spacial score (nSPS) is 19.6. The van der Waals surface area contributed by atoms with Crippen LogP contribution in [0.25, 0.3) is 11.3 Å². The van der Waals surface area contributed by atoms with E-state index in [0.29, 0.717) is 36.6 Å². The number of anilines is 4. The summed E-state index contributed by atoms with van der Waals surface area (Å²) in [5.41, 5.74) is 9.97. The lowest BCUT2D eigenvalue weighted by Gasteiger charge is -2.42. The van der Waals surface area contributed by atoms with Crippen LogP contribution in [0.1, 0.15) is 41.9 Å². The van der Waals surface area contributed by atoms with E-state index in [1.165, 1.54) is 31.6 Å². The second-order valence-electron chi connectivity index (χ2n) is 11.6. The zero-order valence-electron chi connectivity index (χ0n) is 24.6. The molecule has 3 fully saturated rings. The fraction of sp³-hybridized carbons (Fsp3) is 0.533. The van der Waals surface area contributed by atoms with Crippen LogP contribution in [0.2, 0.25) is 0 Å². The topological polar surface area (TPSA) is 141 Å². The highest BCUT2D eigenvalue weighted by Crippen LogP contribution is 2.32. The van der Waals surface area contributed by atoms with E-state index in [2.05, 4.69) is 54.7 Å². The van der Waals surface area contributed by atoms with E-state index >= 15 is 0 Å². The maximum Gasteiger partial charge on any atom is 0.271 e. The first-order valence-corrected chi connectivity index (χ1v) is 15.1. The number of ether oxygens (including phenoxy) is 1. The van der Waals surface area contributed by atoms with Crippen molar-refractivity contribution in [2.75, 3.05) is 75.1 Å². The molecule has 0 atom stereocenters. The Labute approximate surface area is 247 Å². The van der Waals surface area contributed by atoms with Crippen molar-refractivity contribution in [3.63, 3.8) is 0 Å². The van der Waals surface area contributed by atoms with Gasteiger partial charge in [0.1, 0.15) is 5.69 Å². The predicted octanol–water partition coefficient (Wildman–Crippen LogP) is 2.82. The number of aromatic amines is 1. The molecular weight excluding hydrogens is 532 g/mol. The summed E-state index contributed by atoms with van der Waals surface area (Å²) >= 11 is 0. The first kappa shape index (κ1) is 28.4. The molecule has 0 radical (unpaired) electrons. The van der Waals surface area contributed by atoms with Crippen LogP contribution in [0.4, 0.5) is 23.0 Å². The van der Waals surface area contributed by atoms with Crippen LogP contribution in [0.3, 0.4) is 0 Å². The Kier molecular flexibility index (Phi) is 8.54. The first-order valence-electron chi connectivity index (χ1n) is 15.1. The molecule has 6 rings (SSSR count). The van der Waals surface area contributed by atoms with E-state index in [0.717, 1.165) is 56.0 Å². The highest BCUT2D eigenvalue weighted by atomic mass is 16.5. The summed E-state index contributed by atoms with van der Waals surface area (Å²) in [7, 11) is 2.21. The third kappa shape index (κ3) is 6.35. The number of H-pyrrole nitrogens is 1. The molecule has 12 nitrogen and oxygen atoms in total. The number of carbonyl (C=O) groups excluding carboxylic acids is 1. The average Bonchev–Trinajstić information content (AvgIpc) is 3.44. The van der Waals surface area contributed by atoms with E-state index in [1.807, 2.05) is 19.1 Å². The largest absolute Gasteiger partial charge is 0.381 e. The standard InChI is InChI=1S/C30H42N10O2/c1-20-25(19-32-37-20)26-29(34-22-9-17-42-18-10-22)36-30(27(35-26)28(31)41)33-21-3-5-23(6-4-21)39-11-7-24(8-12-39)40-15-13-38(2)14-16-40/h3-6,19,22,24H,7-18H2,1-2H3,(H2,31,41)(H,32,37)(H2,33,34,36). The van der Waals surface area contributed by atoms with Crippen LogP contribution in [0.15, 0.2) is 30.5 Å². The van der Waals surface area contributed by atoms with Gasteiger partial charge >= 0.3 is 0 Å². The molecule has 0 unspecified atom stereocenters. The minimum Gasteiger partial charge on any atom is -0.381 e. The number of primary amides is 1. The van der Waals surface area contributed by atoms with E-state index < -0.39 is 5.91 Å². The van der Waals surface area contributed by atoms with Gasteiger partial charge in [0, 0.05) is 87.7 Å². The Hall–Kier alpha value is -3.74. The maximum atomic E-state index is 12.5. The van der Waals surface area contributed by atoms with E-state index in [9.17, 15) is 4.79 Å². The summed E-state index contributed by atoms with van der Waals surface area (Å²) in [5.74, 6) is 0.256. The fourth-order valence-corrected chi connectivity index (χ4v) is 6.18. The summed E-state index contributed by atoms with van der Waals surface area (Å²) in [6.45, 7) is 10.0. The van der Waals surface area contributed by atoms with Crippen LogP contribution in [0, 0.1) is 6.92 Å². The summed E-state index contributed by atoms with van der Waals surface area (Å²) in [6, 6.07) is 9.16. The number of aryl methyl sites for hydroxylation is 1. The van der Waals surface area contributed by atoms with Gasteiger partial charge in [-0.15, -0.1) is 0 Å². The summed E-state index contributed by atoms with van der Waals surface area (Å²) in [4.78, 5) is 29.7. The molecule has 1 amide bonds. The van der Waals surface area contributed by atoms with Crippen LogP contribution in [-0.4, -0.2) is 107 Å². The first-order chi connectivity index (χ1) is 20.4. The van der Waals surface area contributed by atoms with Crippen LogP contribution < -0.4 is 21.3 Å². The molecule has 3 aliphatic heterocycles. The second-order valence-corrected chi connectivity index (χ2v) is 11.6. The van der Waals surface area contributed by atoms with Gasteiger partial charge in [0.05, 0.1) is 5.69 Å². The lowest BCUT2D eigenvalue weighted by atomic mass is 10.0. The number of nitrogens with two attached hydrogens (primary N) is 1. The monoisotopic (exact) mass is 574 g/mol. The highest BCUT2D eigenvalue weighted by molar-refractivity contribution is 5.97. The number of amides is 1. The van der Waals surface area contributed by atoms with Gasteiger partial charge in [0.15, 0.2) is 17.3 Å². The Morgan fingerprint density at radius 3 is 2.33 bits per heavy atom. The van der Waals surface area contributed by atoms with Crippen LogP contribution in [0.5, 0.6) is 0 Å². The molecule has 2 aromatic heterocycles. The lowest BCUT2D eigenvalue weighted by Crippen LogP contribution is -2.52. The molecule has 3 saturated heterocycles. The number of nitrogens with zero attached hydrogens (tertiary/aromatic N) is 6. The number of rotatable bonds is 8. The van der Waals surface area contributed by atoms with Gasteiger partial charge in [0.25, 0.3) is 5.91 Å². The SMILES string of the molecule is Cc1n[nH]cc1-c1nc(C(N)=O)c(Nc2ccc(N3CCC(N4CCN(C)CC4)CC3)cc2)nc1NC1CCOCC1. The van der Waals surface area contributed by atoms with Crippen LogP contribution >= 0.6 is 0 Å². The summed E-state index contributed by atoms with van der Waals surface area (Å²) < 4.78 is 5.53. The Morgan fingerprint density at radius 1 is 0.976 bits per heavy atom. The highest BCUT2D eigenvalue weighted by Gasteiger charge is 2.27.